The maximum Gasteiger partial charge on any atom is 0.326 e. The monoisotopic (exact) mass is 233 g/mol. The number of carboxylic acids is 1. The first-order valence-corrected chi connectivity index (χ1v) is 6.03. The van der Waals surface area contributed by atoms with Crippen LogP contribution in [0.4, 0.5) is 0 Å². The number of hydrogen-bond donors (Lipinski definition) is 2. The van der Waals surface area contributed by atoms with Crippen LogP contribution >= 0.6 is 11.8 Å². The van der Waals surface area contributed by atoms with Gasteiger partial charge < -0.3 is 10.4 Å². The summed E-state index contributed by atoms with van der Waals surface area (Å²) < 4.78 is 0. The predicted molar refractivity (Wildman–Crippen MR) is 62.0 cm³/mol. The maximum absolute atomic E-state index is 11.4. The van der Waals surface area contributed by atoms with E-state index in [1.54, 1.807) is 13.8 Å². The summed E-state index contributed by atoms with van der Waals surface area (Å²) in [5.74, 6) is -0.980. The van der Waals surface area contributed by atoms with E-state index >= 15 is 0 Å². The van der Waals surface area contributed by atoms with Gasteiger partial charge in [-0.1, -0.05) is 27.7 Å². The fourth-order valence-corrected chi connectivity index (χ4v) is 1.54. The molecule has 2 N–H and O–H groups in total. The van der Waals surface area contributed by atoms with E-state index in [-0.39, 0.29) is 11.8 Å². The zero-order valence-corrected chi connectivity index (χ0v) is 10.4. The third-order valence-corrected chi connectivity index (χ3v) is 2.89. The Morgan fingerprint density at radius 3 is 2.13 bits per heavy atom. The van der Waals surface area contributed by atoms with Gasteiger partial charge >= 0.3 is 5.97 Å². The summed E-state index contributed by atoms with van der Waals surface area (Å²) in [7, 11) is 0. The average molecular weight is 233 g/mol. The van der Waals surface area contributed by atoms with Crippen molar-refractivity contribution in [2.75, 3.05) is 5.75 Å². The van der Waals surface area contributed by atoms with Crippen LogP contribution in [0.25, 0.3) is 0 Å². The molecule has 0 bridgehead atoms. The lowest BCUT2D eigenvalue weighted by Gasteiger charge is -2.17. The van der Waals surface area contributed by atoms with Crippen molar-refractivity contribution in [2.45, 2.75) is 39.0 Å². The van der Waals surface area contributed by atoms with E-state index in [0.717, 1.165) is 0 Å². The Morgan fingerprint density at radius 1 is 1.27 bits per heavy atom. The lowest BCUT2D eigenvalue weighted by molar-refractivity contribution is -0.142. The summed E-state index contributed by atoms with van der Waals surface area (Å²) in [6, 6.07) is -0.787. The largest absolute Gasteiger partial charge is 0.480 e. The molecule has 0 heterocycles. The second-order valence-corrected chi connectivity index (χ2v) is 5.55. The minimum Gasteiger partial charge on any atom is -0.480 e. The molecule has 0 saturated heterocycles. The van der Waals surface area contributed by atoms with Gasteiger partial charge in [0.05, 0.1) is 5.75 Å². The van der Waals surface area contributed by atoms with Crippen molar-refractivity contribution in [2.24, 2.45) is 5.92 Å². The van der Waals surface area contributed by atoms with Crippen molar-refractivity contribution in [3.05, 3.63) is 0 Å². The molecule has 15 heavy (non-hydrogen) atoms. The van der Waals surface area contributed by atoms with Crippen LogP contribution in [0, 0.1) is 5.92 Å². The summed E-state index contributed by atoms with van der Waals surface area (Å²) in [6.07, 6.45) is 0. The SMILES string of the molecule is CC(C)SCC(=O)NC(C(=O)O)C(C)C. The van der Waals surface area contributed by atoms with Gasteiger partial charge in [-0.2, -0.15) is 0 Å². The first-order chi connectivity index (χ1) is 6.84. The lowest BCUT2D eigenvalue weighted by atomic mass is 10.1. The average Bonchev–Trinajstić information content (AvgIpc) is 2.09. The molecule has 5 heteroatoms. The van der Waals surface area contributed by atoms with Crippen LogP contribution in [-0.2, 0) is 9.59 Å². The van der Waals surface area contributed by atoms with Crippen molar-refractivity contribution < 1.29 is 14.7 Å². The molecule has 0 aromatic heterocycles. The third-order valence-electron chi connectivity index (χ3n) is 1.80. The Labute approximate surface area is 94.8 Å². The fourth-order valence-electron chi connectivity index (χ4n) is 0.971. The Hall–Kier alpha value is -0.710. The molecule has 0 aromatic carbocycles. The molecule has 0 spiro atoms. The van der Waals surface area contributed by atoms with Crippen LogP contribution in [0.3, 0.4) is 0 Å². The Bertz CT molecular complexity index is 229. The second-order valence-electron chi connectivity index (χ2n) is 3.99. The summed E-state index contributed by atoms with van der Waals surface area (Å²) in [5.41, 5.74) is 0. The van der Waals surface area contributed by atoms with E-state index in [9.17, 15) is 9.59 Å². The minimum atomic E-state index is -0.979. The molecule has 1 atom stereocenters. The molecule has 1 unspecified atom stereocenters. The molecule has 0 aliphatic rings. The Morgan fingerprint density at radius 2 is 1.80 bits per heavy atom. The predicted octanol–water partition coefficient (Wildman–Crippen LogP) is 1.35. The highest BCUT2D eigenvalue weighted by Crippen LogP contribution is 2.09. The highest BCUT2D eigenvalue weighted by Gasteiger charge is 2.23. The van der Waals surface area contributed by atoms with E-state index in [4.69, 9.17) is 5.11 Å². The topological polar surface area (TPSA) is 66.4 Å². The number of hydrogen-bond acceptors (Lipinski definition) is 3. The van der Waals surface area contributed by atoms with Crippen LogP contribution in [0.5, 0.6) is 0 Å². The van der Waals surface area contributed by atoms with Gasteiger partial charge in [-0.15, -0.1) is 11.8 Å². The van der Waals surface area contributed by atoms with Gasteiger partial charge in [0.25, 0.3) is 0 Å². The van der Waals surface area contributed by atoms with Crippen molar-refractivity contribution in [1.82, 2.24) is 5.32 Å². The molecule has 0 saturated carbocycles. The Balaban J connectivity index is 4.07. The summed E-state index contributed by atoms with van der Waals surface area (Å²) in [6.45, 7) is 7.54. The number of thioether (sulfide) groups is 1. The highest BCUT2D eigenvalue weighted by atomic mass is 32.2. The first kappa shape index (κ1) is 14.3. The van der Waals surface area contributed by atoms with Gasteiger partial charge in [-0.25, -0.2) is 4.79 Å². The van der Waals surface area contributed by atoms with Crippen LogP contribution in [-0.4, -0.2) is 34.0 Å². The normalized spacial score (nSPS) is 12.9. The quantitative estimate of drug-likeness (QED) is 0.727. The van der Waals surface area contributed by atoms with Crippen molar-refractivity contribution in [3.8, 4) is 0 Å². The smallest absolute Gasteiger partial charge is 0.326 e. The van der Waals surface area contributed by atoms with Crippen LogP contribution < -0.4 is 5.32 Å². The number of carbonyl (C=O) groups is 2. The van der Waals surface area contributed by atoms with Gasteiger partial charge in [0, 0.05) is 0 Å². The molecule has 0 radical (unpaired) electrons. The molecule has 0 aromatic rings. The number of nitrogens with one attached hydrogen (secondary N) is 1. The van der Waals surface area contributed by atoms with Crippen molar-refractivity contribution >= 4 is 23.6 Å². The lowest BCUT2D eigenvalue weighted by Crippen LogP contribution is -2.45. The van der Waals surface area contributed by atoms with E-state index in [1.807, 2.05) is 13.8 Å². The van der Waals surface area contributed by atoms with E-state index in [2.05, 4.69) is 5.32 Å². The fraction of sp³-hybridized carbons (Fsp3) is 0.800. The highest BCUT2D eigenvalue weighted by molar-refractivity contribution is 8.00. The molecule has 88 valence electrons. The number of carbonyl (C=O) groups excluding carboxylic acids is 1. The van der Waals surface area contributed by atoms with E-state index in [0.29, 0.717) is 11.0 Å². The minimum absolute atomic E-state index is 0.101. The first-order valence-electron chi connectivity index (χ1n) is 4.98. The third kappa shape index (κ3) is 6.38. The second kappa shape index (κ2) is 6.71. The van der Waals surface area contributed by atoms with Gasteiger partial charge in [0.2, 0.25) is 5.91 Å². The summed E-state index contributed by atoms with van der Waals surface area (Å²) in [4.78, 5) is 22.2. The van der Waals surface area contributed by atoms with Gasteiger partial charge in [-0.3, -0.25) is 4.79 Å². The number of amides is 1. The molecule has 0 fully saturated rings. The molecule has 0 aliphatic carbocycles. The molecule has 1 amide bonds. The van der Waals surface area contributed by atoms with Gasteiger partial charge in [-0.05, 0) is 11.2 Å². The standard InChI is InChI=1S/C10H19NO3S/c1-6(2)9(10(13)14)11-8(12)5-15-7(3)4/h6-7,9H,5H2,1-4H3,(H,11,12)(H,13,14). The molecule has 0 aliphatic heterocycles. The van der Waals surface area contributed by atoms with Crippen molar-refractivity contribution in [1.29, 1.82) is 0 Å². The number of carboxylic acid groups (broad SMARTS) is 1. The number of rotatable bonds is 6. The Kier molecular flexibility index (Phi) is 6.40. The summed E-state index contributed by atoms with van der Waals surface area (Å²) in [5, 5.41) is 11.7. The molecule has 0 rings (SSSR count). The number of aliphatic carboxylic acids is 1. The van der Waals surface area contributed by atoms with E-state index in [1.165, 1.54) is 11.8 Å². The van der Waals surface area contributed by atoms with Gasteiger partial charge in [0.1, 0.15) is 6.04 Å². The molecule has 4 nitrogen and oxygen atoms in total. The maximum atomic E-state index is 11.4. The summed E-state index contributed by atoms with van der Waals surface area (Å²) >= 11 is 1.50. The molecular formula is C10H19NO3S. The zero-order valence-electron chi connectivity index (χ0n) is 9.61. The van der Waals surface area contributed by atoms with Crippen LogP contribution in [0.1, 0.15) is 27.7 Å². The van der Waals surface area contributed by atoms with Gasteiger partial charge in [0.15, 0.2) is 0 Å². The van der Waals surface area contributed by atoms with Crippen LogP contribution in [0.2, 0.25) is 0 Å². The van der Waals surface area contributed by atoms with Crippen LogP contribution in [0.15, 0.2) is 0 Å². The zero-order chi connectivity index (χ0) is 12.0. The van der Waals surface area contributed by atoms with E-state index < -0.39 is 12.0 Å². The van der Waals surface area contributed by atoms with Crippen molar-refractivity contribution in [3.63, 3.8) is 0 Å². The molecular weight excluding hydrogens is 214 g/mol.